The largest absolute Gasteiger partial charge is 0.455 e. The van der Waals surface area contributed by atoms with Gasteiger partial charge in [-0.15, -0.1) is 11.3 Å². The van der Waals surface area contributed by atoms with Crippen molar-refractivity contribution in [2.45, 2.75) is 0 Å². The first kappa shape index (κ1) is 31.9. The molecule has 0 radical (unpaired) electrons. The molecule has 0 spiro atoms. The number of benzene rings is 8. The van der Waals surface area contributed by atoms with Crippen LogP contribution in [0.5, 0.6) is 0 Å². The minimum Gasteiger partial charge on any atom is -0.455 e. The summed E-state index contributed by atoms with van der Waals surface area (Å²) in [4.78, 5) is 15.0. The van der Waals surface area contributed by atoms with Crippen LogP contribution in [0.4, 0.5) is 0 Å². The van der Waals surface area contributed by atoms with E-state index in [1.165, 1.54) is 20.2 Å². The highest BCUT2D eigenvalue weighted by Gasteiger charge is 2.22. The third-order valence-corrected chi connectivity index (χ3v) is 12.3. The number of hydrogen-bond acceptors (Lipinski definition) is 6. The molecule has 6 heteroatoms. The Bertz CT molecular complexity index is 3470. The maximum absolute atomic E-state index is 7.00. The predicted octanol–water partition coefficient (Wildman–Crippen LogP) is 14.4. The number of nitrogens with zero attached hydrogens (tertiary/aromatic N) is 3. The van der Waals surface area contributed by atoms with Crippen LogP contribution in [-0.4, -0.2) is 15.0 Å². The van der Waals surface area contributed by atoms with Crippen LogP contribution in [0.25, 0.3) is 120 Å². The Kier molecular flexibility index (Phi) is 7.03. The Morgan fingerprint density at radius 3 is 1.28 bits per heavy atom. The van der Waals surface area contributed by atoms with Crippen LogP contribution in [0.2, 0.25) is 0 Å². The lowest BCUT2D eigenvalue weighted by Gasteiger charge is -2.08. The summed E-state index contributed by atoms with van der Waals surface area (Å²) in [5.41, 5.74) is 10.5. The molecule has 4 heterocycles. The van der Waals surface area contributed by atoms with Crippen molar-refractivity contribution in [3.8, 4) is 56.4 Å². The van der Waals surface area contributed by atoms with E-state index < -0.39 is 0 Å². The number of thiophene rings is 1. The third kappa shape index (κ3) is 4.98. The molecule has 0 fully saturated rings. The lowest BCUT2D eigenvalue weighted by atomic mass is 9.98. The fourth-order valence-corrected chi connectivity index (χ4v) is 9.70. The zero-order chi connectivity index (χ0) is 37.5. The summed E-state index contributed by atoms with van der Waals surface area (Å²) in [6.45, 7) is 0. The number of para-hydroxylation sites is 4. The van der Waals surface area contributed by atoms with Gasteiger partial charge in [0.1, 0.15) is 22.3 Å². The summed E-state index contributed by atoms with van der Waals surface area (Å²) in [5.74, 6) is 1.79. The highest BCUT2D eigenvalue weighted by molar-refractivity contribution is 7.26. The smallest absolute Gasteiger partial charge is 0.167 e. The van der Waals surface area contributed by atoms with E-state index in [0.717, 1.165) is 82.8 Å². The standard InChI is InChI=1S/C51H29N3O2S/c1-3-14-30(15-4-1)49-52-50(31-16-5-2-6-17-31)54-51(53-49)42-28-11-21-35-34-20-10-23-37(45(34)56-46(35)42)39-25-13-27-41-40-26-12-24-38(47(40)57-48(39)41)36-22-9-19-33-32-18-7-8-29-43(32)55-44(33)36/h1-29H. The van der Waals surface area contributed by atoms with Gasteiger partial charge in [-0.3, -0.25) is 0 Å². The lowest BCUT2D eigenvalue weighted by molar-refractivity contribution is 0.670. The maximum atomic E-state index is 7.00. The summed E-state index contributed by atoms with van der Waals surface area (Å²) in [5, 5.41) is 6.75. The van der Waals surface area contributed by atoms with Gasteiger partial charge in [-0.1, -0.05) is 164 Å². The van der Waals surface area contributed by atoms with Gasteiger partial charge in [-0.2, -0.15) is 0 Å². The molecule has 266 valence electrons. The van der Waals surface area contributed by atoms with E-state index in [-0.39, 0.29) is 0 Å². The Morgan fingerprint density at radius 1 is 0.298 bits per heavy atom. The summed E-state index contributed by atoms with van der Waals surface area (Å²) in [6, 6.07) is 60.7. The molecular formula is C51H29N3O2S. The molecule has 0 aliphatic rings. The van der Waals surface area contributed by atoms with E-state index in [4.69, 9.17) is 23.8 Å². The minimum atomic E-state index is 0.563. The molecule has 0 saturated carbocycles. The predicted molar refractivity (Wildman–Crippen MR) is 234 cm³/mol. The number of fused-ring (bicyclic) bond motifs is 9. The summed E-state index contributed by atoms with van der Waals surface area (Å²) >= 11 is 1.82. The second kappa shape index (κ2) is 12.6. The van der Waals surface area contributed by atoms with Gasteiger partial charge in [0.15, 0.2) is 17.5 Å². The van der Waals surface area contributed by atoms with E-state index in [1.54, 1.807) is 0 Å². The van der Waals surface area contributed by atoms with Gasteiger partial charge in [0, 0.05) is 75.1 Å². The highest BCUT2D eigenvalue weighted by Crippen LogP contribution is 2.48. The SMILES string of the molecule is c1ccc(-c2nc(-c3ccccc3)nc(-c3cccc4c3oc3c(-c5cccc6c5sc5c(-c7cccc8c7oc7ccccc78)cccc56)cccc34)n2)cc1. The van der Waals surface area contributed by atoms with Crippen molar-refractivity contribution < 1.29 is 8.83 Å². The first-order chi connectivity index (χ1) is 28.3. The average molecular weight is 748 g/mol. The van der Waals surface area contributed by atoms with Crippen molar-refractivity contribution in [3.63, 3.8) is 0 Å². The van der Waals surface area contributed by atoms with Crippen LogP contribution < -0.4 is 0 Å². The molecule has 0 unspecified atom stereocenters. The topological polar surface area (TPSA) is 65.0 Å². The summed E-state index contributed by atoms with van der Waals surface area (Å²) in [6.07, 6.45) is 0. The van der Waals surface area contributed by atoms with Gasteiger partial charge in [0.2, 0.25) is 0 Å². The minimum absolute atomic E-state index is 0.563. The first-order valence-electron chi connectivity index (χ1n) is 18.9. The van der Waals surface area contributed by atoms with Gasteiger partial charge in [0.05, 0.1) is 5.56 Å². The van der Waals surface area contributed by atoms with Gasteiger partial charge in [-0.05, 0) is 12.1 Å². The van der Waals surface area contributed by atoms with Crippen molar-refractivity contribution in [1.82, 2.24) is 15.0 Å². The van der Waals surface area contributed by atoms with Crippen molar-refractivity contribution in [1.29, 1.82) is 0 Å². The Hall–Kier alpha value is -7.41. The Morgan fingerprint density at radius 2 is 0.702 bits per heavy atom. The van der Waals surface area contributed by atoms with Crippen LogP contribution in [0.15, 0.2) is 185 Å². The van der Waals surface area contributed by atoms with Crippen molar-refractivity contribution in [2.24, 2.45) is 0 Å². The zero-order valence-corrected chi connectivity index (χ0v) is 31.1. The number of rotatable bonds is 5. The molecule has 5 nitrogen and oxygen atoms in total. The molecule has 12 aromatic rings. The van der Waals surface area contributed by atoms with Crippen LogP contribution in [0.3, 0.4) is 0 Å². The second-order valence-corrected chi connectivity index (χ2v) is 15.3. The molecule has 0 aliphatic heterocycles. The van der Waals surface area contributed by atoms with Gasteiger partial charge in [0.25, 0.3) is 0 Å². The molecule has 4 aromatic heterocycles. The highest BCUT2D eigenvalue weighted by atomic mass is 32.1. The molecular weight excluding hydrogens is 719 g/mol. The van der Waals surface area contributed by atoms with E-state index in [0.29, 0.717) is 17.5 Å². The molecule has 0 saturated heterocycles. The van der Waals surface area contributed by atoms with Crippen molar-refractivity contribution in [2.75, 3.05) is 0 Å². The van der Waals surface area contributed by atoms with E-state index in [1.807, 2.05) is 90.2 Å². The molecule has 12 rings (SSSR count). The van der Waals surface area contributed by atoms with Crippen LogP contribution in [-0.2, 0) is 0 Å². The number of furan rings is 2. The van der Waals surface area contributed by atoms with Gasteiger partial charge in [-0.25, -0.2) is 15.0 Å². The number of aromatic nitrogens is 3. The van der Waals surface area contributed by atoms with Crippen LogP contribution >= 0.6 is 11.3 Å². The Labute approximate surface area is 330 Å². The van der Waals surface area contributed by atoms with Crippen molar-refractivity contribution >= 4 is 75.4 Å². The van der Waals surface area contributed by atoms with Gasteiger partial charge < -0.3 is 8.83 Å². The average Bonchev–Trinajstić information content (AvgIpc) is 3.98. The van der Waals surface area contributed by atoms with Crippen LogP contribution in [0.1, 0.15) is 0 Å². The first-order valence-corrected chi connectivity index (χ1v) is 19.8. The van der Waals surface area contributed by atoms with Gasteiger partial charge >= 0.3 is 0 Å². The van der Waals surface area contributed by atoms with Crippen molar-refractivity contribution in [3.05, 3.63) is 176 Å². The van der Waals surface area contributed by atoms with E-state index >= 15 is 0 Å². The molecule has 0 aliphatic carbocycles. The third-order valence-electron chi connectivity index (χ3n) is 11.0. The second-order valence-electron chi connectivity index (χ2n) is 14.3. The molecule has 0 amide bonds. The molecule has 0 atom stereocenters. The fourth-order valence-electron chi connectivity index (χ4n) is 8.34. The maximum Gasteiger partial charge on any atom is 0.167 e. The molecule has 0 bridgehead atoms. The Balaban J connectivity index is 1.05. The molecule has 0 N–H and O–H groups in total. The fraction of sp³-hybridized carbons (Fsp3) is 0. The summed E-state index contributed by atoms with van der Waals surface area (Å²) < 4.78 is 15.9. The van der Waals surface area contributed by atoms with E-state index in [9.17, 15) is 0 Å². The molecule has 8 aromatic carbocycles. The lowest BCUT2D eigenvalue weighted by Crippen LogP contribution is -2.00. The van der Waals surface area contributed by atoms with Crippen LogP contribution in [0, 0.1) is 0 Å². The number of hydrogen-bond donors (Lipinski definition) is 0. The molecule has 57 heavy (non-hydrogen) atoms. The quantitative estimate of drug-likeness (QED) is 0.175. The van der Waals surface area contributed by atoms with E-state index in [2.05, 4.69) is 97.1 Å². The monoisotopic (exact) mass is 747 g/mol. The normalized spacial score (nSPS) is 11.9. The summed E-state index contributed by atoms with van der Waals surface area (Å²) in [7, 11) is 0. The zero-order valence-electron chi connectivity index (χ0n) is 30.3.